The maximum atomic E-state index is 12.3. The molecule has 8 heteroatoms. The van der Waals surface area contributed by atoms with Crippen molar-refractivity contribution in [2.24, 2.45) is 0 Å². The Morgan fingerprint density at radius 1 is 1.27 bits per heavy atom. The second-order valence-corrected chi connectivity index (χ2v) is 8.04. The van der Waals surface area contributed by atoms with Crippen LogP contribution in [-0.2, 0) is 4.74 Å². The summed E-state index contributed by atoms with van der Waals surface area (Å²) < 4.78 is 5.25. The van der Waals surface area contributed by atoms with Crippen molar-refractivity contribution in [1.82, 2.24) is 10.6 Å². The van der Waals surface area contributed by atoms with Gasteiger partial charge in [0.05, 0.1) is 22.6 Å². The molecule has 0 bridgehead atoms. The highest BCUT2D eigenvalue weighted by Crippen LogP contribution is 2.21. The number of ketones is 1. The quantitative estimate of drug-likeness (QED) is 0.492. The van der Waals surface area contributed by atoms with E-state index in [1.165, 1.54) is 6.07 Å². The van der Waals surface area contributed by atoms with E-state index >= 15 is 0 Å². The molecule has 2 N–H and O–H groups in total. The van der Waals surface area contributed by atoms with Crippen LogP contribution in [0.5, 0.6) is 0 Å². The van der Waals surface area contributed by atoms with Gasteiger partial charge in [0.15, 0.2) is 5.78 Å². The molecule has 0 aliphatic carbocycles. The van der Waals surface area contributed by atoms with Crippen molar-refractivity contribution >= 4 is 52.3 Å². The van der Waals surface area contributed by atoms with E-state index < -0.39 is 17.7 Å². The maximum Gasteiger partial charge on any atom is 0.408 e. The minimum absolute atomic E-state index is 0.0314. The number of hydrogen-bond acceptors (Lipinski definition) is 4. The Labute approximate surface area is 169 Å². The number of carbonyl (C=O) groups excluding carboxylic acids is 2. The SMILES string of the molecule is CCCC(NC(=O)OC(C)(C)C)C(=S)NCC(=O)c1ccc(Cl)cc1Cl. The normalized spacial score (nSPS) is 12.2. The molecule has 0 heterocycles. The second-order valence-electron chi connectivity index (χ2n) is 6.75. The van der Waals surface area contributed by atoms with E-state index in [0.717, 1.165) is 6.42 Å². The summed E-state index contributed by atoms with van der Waals surface area (Å²) in [5, 5.41) is 6.38. The number of thiocarbonyl (C=S) groups is 1. The van der Waals surface area contributed by atoms with Gasteiger partial charge in [0, 0.05) is 10.6 Å². The Kier molecular flexibility index (Phi) is 8.80. The number of Topliss-reactive ketones (excluding diaryl/α,β-unsaturated/α-hetero) is 1. The summed E-state index contributed by atoms with van der Waals surface area (Å²) in [6.45, 7) is 7.30. The molecule has 1 aromatic rings. The van der Waals surface area contributed by atoms with Gasteiger partial charge in [-0.3, -0.25) is 4.79 Å². The van der Waals surface area contributed by atoms with Crippen molar-refractivity contribution in [3.8, 4) is 0 Å². The summed E-state index contributed by atoms with van der Waals surface area (Å²) in [5.41, 5.74) is -0.240. The molecule has 5 nitrogen and oxygen atoms in total. The first kappa shape index (κ1) is 22.7. The molecule has 0 fully saturated rings. The van der Waals surface area contributed by atoms with Crippen LogP contribution in [0.25, 0.3) is 0 Å². The van der Waals surface area contributed by atoms with E-state index in [0.29, 0.717) is 22.0 Å². The van der Waals surface area contributed by atoms with Gasteiger partial charge in [-0.2, -0.15) is 0 Å². The fraction of sp³-hybridized carbons (Fsp3) is 0.500. The minimum atomic E-state index is -0.600. The molecule has 26 heavy (non-hydrogen) atoms. The van der Waals surface area contributed by atoms with E-state index in [1.54, 1.807) is 32.9 Å². The first-order valence-corrected chi connectivity index (χ1v) is 9.45. The average Bonchev–Trinajstić information content (AvgIpc) is 2.50. The van der Waals surface area contributed by atoms with Crippen LogP contribution in [0.3, 0.4) is 0 Å². The molecule has 1 atom stereocenters. The second kappa shape index (κ2) is 10.1. The summed E-state index contributed by atoms with van der Waals surface area (Å²) >= 11 is 17.2. The Morgan fingerprint density at radius 3 is 2.46 bits per heavy atom. The Morgan fingerprint density at radius 2 is 1.92 bits per heavy atom. The highest BCUT2D eigenvalue weighted by atomic mass is 35.5. The number of nitrogens with one attached hydrogen (secondary N) is 2. The van der Waals surface area contributed by atoms with Gasteiger partial charge >= 0.3 is 6.09 Å². The molecule has 0 spiro atoms. The molecular formula is C18H24Cl2N2O3S. The van der Waals surface area contributed by atoms with Gasteiger partial charge in [-0.15, -0.1) is 0 Å². The third-order valence-corrected chi connectivity index (χ3v) is 4.22. The van der Waals surface area contributed by atoms with Crippen LogP contribution in [0.4, 0.5) is 4.79 Å². The number of hydrogen-bond donors (Lipinski definition) is 2. The van der Waals surface area contributed by atoms with Gasteiger partial charge < -0.3 is 15.4 Å². The van der Waals surface area contributed by atoms with Crippen LogP contribution >= 0.6 is 35.4 Å². The first-order chi connectivity index (χ1) is 12.0. The maximum absolute atomic E-state index is 12.3. The molecule has 1 rings (SSSR count). The number of halogens is 2. The van der Waals surface area contributed by atoms with Gasteiger partial charge in [-0.1, -0.05) is 48.8 Å². The molecular weight excluding hydrogens is 395 g/mol. The van der Waals surface area contributed by atoms with Gasteiger partial charge in [-0.05, 0) is 45.4 Å². The van der Waals surface area contributed by atoms with E-state index in [9.17, 15) is 9.59 Å². The highest BCUT2D eigenvalue weighted by molar-refractivity contribution is 7.80. The summed E-state index contributed by atoms with van der Waals surface area (Å²) in [6.07, 6.45) is 0.882. The van der Waals surface area contributed by atoms with Crippen LogP contribution in [0.15, 0.2) is 18.2 Å². The number of rotatable bonds is 7. The van der Waals surface area contributed by atoms with Crippen molar-refractivity contribution in [1.29, 1.82) is 0 Å². The monoisotopic (exact) mass is 418 g/mol. The fourth-order valence-corrected chi connectivity index (χ4v) is 2.87. The molecule has 1 aromatic carbocycles. The zero-order valence-electron chi connectivity index (χ0n) is 15.3. The molecule has 0 aliphatic heterocycles. The smallest absolute Gasteiger partial charge is 0.408 e. The number of amides is 1. The highest BCUT2D eigenvalue weighted by Gasteiger charge is 2.22. The fourth-order valence-electron chi connectivity index (χ4n) is 2.11. The standard InChI is InChI=1S/C18H24Cl2N2O3S/c1-5-6-14(22-17(24)25-18(2,3)4)16(26)21-10-15(23)12-8-7-11(19)9-13(12)20/h7-9,14H,5-6,10H2,1-4H3,(H,21,26)(H,22,24). The van der Waals surface area contributed by atoms with Gasteiger partial charge in [-0.25, -0.2) is 4.79 Å². The van der Waals surface area contributed by atoms with Crippen LogP contribution < -0.4 is 10.6 Å². The molecule has 1 unspecified atom stereocenters. The molecule has 0 aromatic heterocycles. The van der Waals surface area contributed by atoms with Crippen molar-refractivity contribution in [3.05, 3.63) is 33.8 Å². The topological polar surface area (TPSA) is 67.4 Å². The van der Waals surface area contributed by atoms with E-state index in [1.807, 2.05) is 6.92 Å². The van der Waals surface area contributed by atoms with Crippen molar-refractivity contribution < 1.29 is 14.3 Å². The lowest BCUT2D eigenvalue weighted by molar-refractivity contribution is 0.0516. The predicted octanol–water partition coefficient (Wildman–Crippen LogP) is 4.79. The number of benzene rings is 1. The largest absolute Gasteiger partial charge is 0.444 e. The zero-order valence-corrected chi connectivity index (χ0v) is 17.6. The summed E-state index contributed by atoms with van der Waals surface area (Å²) in [5.74, 6) is -0.221. The van der Waals surface area contributed by atoms with E-state index in [-0.39, 0.29) is 17.4 Å². The molecule has 0 saturated carbocycles. The number of ether oxygens (including phenoxy) is 1. The molecule has 0 radical (unpaired) electrons. The van der Waals surface area contributed by atoms with Gasteiger partial charge in [0.25, 0.3) is 0 Å². The van der Waals surface area contributed by atoms with Gasteiger partial charge in [0.2, 0.25) is 0 Å². The van der Waals surface area contributed by atoms with Crippen LogP contribution in [-0.4, -0.2) is 35.1 Å². The Hall–Kier alpha value is -1.37. The van der Waals surface area contributed by atoms with Gasteiger partial charge in [0.1, 0.15) is 5.60 Å². The van der Waals surface area contributed by atoms with Crippen LogP contribution in [0.2, 0.25) is 10.0 Å². The minimum Gasteiger partial charge on any atom is -0.444 e. The summed E-state index contributed by atoms with van der Waals surface area (Å²) in [7, 11) is 0. The third kappa shape index (κ3) is 7.89. The lowest BCUT2D eigenvalue weighted by Crippen LogP contribution is -2.48. The third-order valence-electron chi connectivity index (χ3n) is 3.24. The lowest BCUT2D eigenvalue weighted by atomic mass is 10.1. The van der Waals surface area contributed by atoms with Crippen LogP contribution in [0, 0.1) is 0 Å². The average molecular weight is 419 g/mol. The van der Waals surface area contributed by atoms with Crippen molar-refractivity contribution in [2.75, 3.05) is 6.54 Å². The molecule has 144 valence electrons. The summed E-state index contributed by atoms with van der Waals surface area (Å²) in [6, 6.07) is 4.26. The van der Waals surface area contributed by atoms with E-state index in [2.05, 4.69) is 10.6 Å². The molecule has 0 saturated heterocycles. The van der Waals surface area contributed by atoms with E-state index in [4.69, 9.17) is 40.2 Å². The van der Waals surface area contributed by atoms with Crippen LogP contribution in [0.1, 0.15) is 50.9 Å². The lowest BCUT2D eigenvalue weighted by Gasteiger charge is -2.24. The summed E-state index contributed by atoms with van der Waals surface area (Å²) in [4.78, 5) is 24.6. The molecule has 1 amide bonds. The predicted molar refractivity (Wildman–Crippen MR) is 109 cm³/mol. The number of alkyl carbamates (subject to hydrolysis) is 1. The molecule has 0 aliphatic rings. The Balaban J connectivity index is 2.66. The number of carbonyl (C=O) groups is 2. The van der Waals surface area contributed by atoms with Crippen molar-refractivity contribution in [3.63, 3.8) is 0 Å². The van der Waals surface area contributed by atoms with Crippen molar-refractivity contribution in [2.45, 2.75) is 52.2 Å². The Bertz CT molecular complexity index is 675. The first-order valence-electron chi connectivity index (χ1n) is 8.29. The zero-order chi connectivity index (χ0) is 19.9.